The number of benzene rings is 2. The first kappa shape index (κ1) is 17.4. The topological polar surface area (TPSA) is 77.2 Å². The summed E-state index contributed by atoms with van der Waals surface area (Å²) in [6, 6.07) is 13.3. The summed E-state index contributed by atoms with van der Waals surface area (Å²) >= 11 is 7.78. The number of hydrogen-bond acceptors (Lipinski definition) is 5. The minimum atomic E-state index is -0.422. The fourth-order valence-corrected chi connectivity index (χ4v) is 4.29. The lowest BCUT2D eigenvalue weighted by Crippen LogP contribution is -2.29. The van der Waals surface area contributed by atoms with Crippen LogP contribution in [-0.4, -0.2) is 29.6 Å². The molecular formula is C19H18ClN3O2S. The lowest BCUT2D eigenvalue weighted by atomic mass is 10.1. The molecule has 1 aliphatic heterocycles. The maximum atomic E-state index is 12.3. The van der Waals surface area contributed by atoms with Crippen molar-refractivity contribution in [1.82, 2.24) is 4.98 Å². The lowest BCUT2D eigenvalue weighted by molar-refractivity contribution is -0.126. The summed E-state index contributed by atoms with van der Waals surface area (Å²) < 4.78 is 6.61. The molecule has 5 nitrogen and oxygen atoms in total. The van der Waals surface area contributed by atoms with Crippen LogP contribution in [0.2, 0.25) is 5.02 Å². The van der Waals surface area contributed by atoms with Gasteiger partial charge in [0.15, 0.2) is 0 Å². The number of ether oxygens (including phenoxy) is 1. The van der Waals surface area contributed by atoms with Gasteiger partial charge in [-0.3, -0.25) is 4.79 Å². The average molecular weight is 388 g/mol. The number of fused-ring (bicyclic) bond motifs is 1. The molecule has 26 heavy (non-hydrogen) atoms. The van der Waals surface area contributed by atoms with E-state index in [0.717, 1.165) is 32.9 Å². The van der Waals surface area contributed by atoms with E-state index in [-0.39, 0.29) is 12.0 Å². The second-order valence-corrected chi connectivity index (χ2v) is 7.64. The Balaban J connectivity index is 1.48. The third-order valence-corrected chi connectivity index (χ3v) is 6.01. The number of rotatable bonds is 4. The molecule has 1 aliphatic rings. The predicted molar refractivity (Wildman–Crippen MR) is 106 cm³/mol. The van der Waals surface area contributed by atoms with Gasteiger partial charge >= 0.3 is 0 Å². The second kappa shape index (κ2) is 7.32. The Bertz CT molecular complexity index is 942. The SMILES string of the molecule is NC[C@H]1CC[C@@H](C(=O)Nc2ccc(-c3nc4cccc(Cl)c4s3)cc2)O1. The highest BCUT2D eigenvalue weighted by Gasteiger charge is 2.29. The highest BCUT2D eigenvalue weighted by Crippen LogP contribution is 2.34. The zero-order valence-corrected chi connectivity index (χ0v) is 15.5. The van der Waals surface area contributed by atoms with Crippen LogP contribution in [0, 0.1) is 0 Å². The maximum Gasteiger partial charge on any atom is 0.253 e. The van der Waals surface area contributed by atoms with Gasteiger partial charge in [0, 0.05) is 17.8 Å². The smallest absolute Gasteiger partial charge is 0.253 e. The number of thiazole rings is 1. The maximum absolute atomic E-state index is 12.3. The van der Waals surface area contributed by atoms with Crippen LogP contribution in [0.4, 0.5) is 5.69 Å². The molecule has 0 saturated carbocycles. The number of anilines is 1. The van der Waals surface area contributed by atoms with Gasteiger partial charge in [0.1, 0.15) is 11.1 Å². The molecular weight excluding hydrogens is 370 g/mol. The number of carbonyl (C=O) groups is 1. The number of halogens is 1. The Kier molecular flexibility index (Phi) is 4.91. The molecule has 0 bridgehead atoms. The molecule has 2 aromatic carbocycles. The minimum absolute atomic E-state index is 0.0148. The highest BCUT2D eigenvalue weighted by atomic mass is 35.5. The van der Waals surface area contributed by atoms with Crippen LogP contribution in [0.3, 0.4) is 0 Å². The molecule has 1 aromatic heterocycles. The molecule has 7 heteroatoms. The zero-order valence-electron chi connectivity index (χ0n) is 13.9. The summed E-state index contributed by atoms with van der Waals surface area (Å²) in [5.41, 5.74) is 8.20. The van der Waals surface area contributed by atoms with Gasteiger partial charge in [-0.1, -0.05) is 17.7 Å². The van der Waals surface area contributed by atoms with Crippen molar-refractivity contribution in [2.75, 3.05) is 11.9 Å². The average Bonchev–Trinajstić information content (AvgIpc) is 3.30. The fraction of sp³-hybridized carbons (Fsp3) is 0.263. The molecule has 3 N–H and O–H groups in total. The Morgan fingerprint density at radius 3 is 2.77 bits per heavy atom. The van der Waals surface area contributed by atoms with E-state index in [1.54, 1.807) is 11.3 Å². The quantitative estimate of drug-likeness (QED) is 0.707. The normalized spacial score (nSPS) is 19.8. The van der Waals surface area contributed by atoms with E-state index in [0.29, 0.717) is 18.0 Å². The molecule has 0 radical (unpaired) electrons. The molecule has 1 saturated heterocycles. The molecule has 2 atom stereocenters. The predicted octanol–water partition coefficient (Wildman–Crippen LogP) is 4.06. The highest BCUT2D eigenvalue weighted by molar-refractivity contribution is 7.22. The third-order valence-electron chi connectivity index (χ3n) is 4.43. The van der Waals surface area contributed by atoms with E-state index < -0.39 is 6.10 Å². The monoisotopic (exact) mass is 387 g/mol. The van der Waals surface area contributed by atoms with Crippen LogP contribution in [0.25, 0.3) is 20.8 Å². The largest absolute Gasteiger partial charge is 0.364 e. The van der Waals surface area contributed by atoms with E-state index >= 15 is 0 Å². The van der Waals surface area contributed by atoms with Crippen LogP contribution in [0.1, 0.15) is 12.8 Å². The number of nitrogens with two attached hydrogens (primary N) is 1. The van der Waals surface area contributed by atoms with Crippen molar-refractivity contribution in [3.63, 3.8) is 0 Å². The minimum Gasteiger partial charge on any atom is -0.364 e. The summed E-state index contributed by atoms with van der Waals surface area (Å²) in [7, 11) is 0. The Hall–Kier alpha value is -1.99. The Morgan fingerprint density at radius 2 is 2.08 bits per heavy atom. The van der Waals surface area contributed by atoms with Crippen LogP contribution >= 0.6 is 22.9 Å². The van der Waals surface area contributed by atoms with Crippen molar-refractivity contribution in [3.8, 4) is 10.6 Å². The van der Waals surface area contributed by atoms with Crippen LogP contribution in [-0.2, 0) is 9.53 Å². The molecule has 0 spiro atoms. The van der Waals surface area contributed by atoms with Crippen molar-refractivity contribution in [1.29, 1.82) is 0 Å². The van der Waals surface area contributed by atoms with Crippen molar-refractivity contribution in [3.05, 3.63) is 47.5 Å². The molecule has 134 valence electrons. The van der Waals surface area contributed by atoms with Gasteiger partial charge in [0.25, 0.3) is 5.91 Å². The molecule has 1 amide bonds. The van der Waals surface area contributed by atoms with Crippen LogP contribution in [0.15, 0.2) is 42.5 Å². The van der Waals surface area contributed by atoms with E-state index in [2.05, 4.69) is 10.3 Å². The van der Waals surface area contributed by atoms with Crippen molar-refractivity contribution in [2.24, 2.45) is 5.73 Å². The van der Waals surface area contributed by atoms with E-state index in [9.17, 15) is 4.79 Å². The summed E-state index contributed by atoms with van der Waals surface area (Å²) in [6.07, 6.45) is 1.10. The Morgan fingerprint density at radius 1 is 1.27 bits per heavy atom. The van der Waals surface area contributed by atoms with Crippen molar-refractivity contribution >= 4 is 44.7 Å². The van der Waals surface area contributed by atoms with E-state index in [1.807, 2.05) is 42.5 Å². The molecule has 1 fully saturated rings. The molecule has 0 unspecified atom stereocenters. The first-order valence-electron chi connectivity index (χ1n) is 8.46. The van der Waals surface area contributed by atoms with Gasteiger partial charge in [-0.05, 0) is 49.2 Å². The number of carbonyl (C=O) groups excluding carboxylic acids is 1. The van der Waals surface area contributed by atoms with E-state index in [4.69, 9.17) is 22.1 Å². The van der Waals surface area contributed by atoms with Crippen LogP contribution in [0.5, 0.6) is 0 Å². The number of aromatic nitrogens is 1. The van der Waals surface area contributed by atoms with Gasteiger partial charge in [-0.15, -0.1) is 11.3 Å². The summed E-state index contributed by atoms with van der Waals surface area (Å²) in [6.45, 7) is 0.449. The first-order chi connectivity index (χ1) is 12.6. The van der Waals surface area contributed by atoms with Gasteiger partial charge in [0.2, 0.25) is 0 Å². The fourth-order valence-electron chi connectivity index (χ4n) is 3.03. The summed E-state index contributed by atoms with van der Waals surface area (Å²) in [5, 5.41) is 4.51. The first-order valence-corrected chi connectivity index (χ1v) is 9.65. The third kappa shape index (κ3) is 3.46. The summed E-state index contributed by atoms with van der Waals surface area (Å²) in [4.78, 5) is 16.9. The molecule has 3 aromatic rings. The number of amides is 1. The van der Waals surface area contributed by atoms with Gasteiger partial charge < -0.3 is 15.8 Å². The molecule has 0 aliphatic carbocycles. The number of nitrogens with one attached hydrogen (secondary N) is 1. The zero-order chi connectivity index (χ0) is 18.1. The van der Waals surface area contributed by atoms with E-state index in [1.165, 1.54) is 0 Å². The number of hydrogen-bond donors (Lipinski definition) is 2. The Labute approximate surface area is 160 Å². The van der Waals surface area contributed by atoms with Crippen molar-refractivity contribution < 1.29 is 9.53 Å². The van der Waals surface area contributed by atoms with Gasteiger partial charge in [-0.2, -0.15) is 0 Å². The van der Waals surface area contributed by atoms with Gasteiger partial charge in [-0.25, -0.2) is 4.98 Å². The number of nitrogens with zero attached hydrogens (tertiary/aromatic N) is 1. The van der Waals surface area contributed by atoms with Gasteiger partial charge in [0.05, 0.1) is 21.3 Å². The van der Waals surface area contributed by atoms with Crippen molar-refractivity contribution in [2.45, 2.75) is 25.0 Å². The standard InChI is InChI=1S/C19H18ClN3O2S/c20-14-2-1-3-15-17(14)26-19(23-15)11-4-6-12(7-5-11)22-18(24)16-9-8-13(10-21)25-16/h1-7,13,16H,8-10,21H2,(H,22,24)/t13-,16+/m1/s1. The lowest BCUT2D eigenvalue weighted by Gasteiger charge is -2.12. The molecule has 2 heterocycles. The van der Waals surface area contributed by atoms with Crippen LogP contribution < -0.4 is 11.1 Å². The molecule has 4 rings (SSSR count). The summed E-state index contributed by atoms with van der Waals surface area (Å²) in [5.74, 6) is -0.125. The second-order valence-electron chi connectivity index (χ2n) is 6.23.